The van der Waals surface area contributed by atoms with Crippen LogP contribution in [0.1, 0.15) is 10.7 Å². The number of aryl methyl sites for hydroxylation is 1. The maximum Gasteiger partial charge on any atom is 0.330 e. The van der Waals surface area contributed by atoms with Crippen molar-refractivity contribution in [3.05, 3.63) is 43.0 Å². The zero-order valence-electron chi connectivity index (χ0n) is 8.56. The molecule has 0 aromatic carbocycles. The molecule has 6 nitrogen and oxygen atoms in total. The van der Waals surface area contributed by atoms with Gasteiger partial charge in [0, 0.05) is 11.4 Å². The lowest BCUT2D eigenvalue weighted by molar-refractivity contribution is 0.719. The summed E-state index contributed by atoms with van der Waals surface area (Å²) < 4.78 is 1.27. The molecule has 2 aromatic heterocycles. The van der Waals surface area contributed by atoms with Gasteiger partial charge in [0.15, 0.2) is 0 Å². The standard InChI is InChI=1S/C9H10N4O2S/c1-5-11-6(4-16-5)3-13-7(10)2-8(14)12-9(13)15/h2,4H,3,10H2,1H3,(H,12,14,15). The Bertz CT molecular complexity index is 625. The van der Waals surface area contributed by atoms with Crippen molar-refractivity contribution in [2.24, 2.45) is 0 Å². The molecular formula is C9H10N4O2S. The number of hydrogen-bond donors (Lipinski definition) is 2. The van der Waals surface area contributed by atoms with Crippen LogP contribution in [0.2, 0.25) is 0 Å². The van der Waals surface area contributed by atoms with Gasteiger partial charge in [0.2, 0.25) is 0 Å². The van der Waals surface area contributed by atoms with E-state index in [2.05, 4.69) is 9.97 Å². The van der Waals surface area contributed by atoms with Gasteiger partial charge in [-0.1, -0.05) is 0 Å². The van der Waals surface area contributed by atoms with E-state index in [1.54, 1.807) is 0 Å². The van der Waals surface area contributed by atoms with Crippen LogP contribution in [0, 0.1) is 6.92 Å². The lowest BCUT2D eigenvalue weighted by Crippen LogP contribution is -2.31. The molecule has 2 rings (SSSR count). The summed E-state index contributed by atoms with van der Waals surface area (Å²) in [5.41, 5.74) is 5.34. The van der Waals surface area contributed by atoms with E-state index in [0.29, 0.717) is 0 Å². The van der Waals surface area contributed by atoms with E-state index in [0.717, 1.165) is 10.7 Å². The predicted molar refractivity (Wildman–Crippen MR) is 61.7 cm³/mol. The molecule has 84 valence electrons. The summed E-state index contributed by atoms with van der Waals surface area (Å²) in [6.07, 6.45) is 0. The first kappa shape index (κ1) is 10.6. The minimum atomic E-state index is -0.518. The fourth-order valence-corrected chi connectivity index (χ4v) is 1.95. The molecule has 0 fully saturated rings. The summed E-state index contributed by atoms with van der Waals surface area (Å²) in [4.78, 5) is 28.8. The number of anilines is 1. The number of hydrogen-bond acceptors (Lipinski definition) is 5. The summed E-state index contributed by atoms with van der Waals surface area (Å²) in [5, 5.41) is 2.78. The van der Waals surface area contributed by atoms with Crippen LogP contribution in [0.25, 0.3) is 0 Å². The Morgan fingerprint density at radius 1 is 1.56 bits per heavy atom. The van der Waals surface area contributed by atoms with Crippen molar-refractivity contribution in [2.75, 3.05) is 5.73 Å². The molecule has 2 aromatic rings. The molecule has 0 saturated heterocycles. The van der Waals surface area contributed by atoms with Crippen LogP contribution in [0.5, 0.6) is 0 Å². The molecular weight excluding hydrogens is 228 g/mol. The number of H-pyrrole nitrogens is 1. The fourth-order valence-electron chi connectivity index (χ4n) is 1.34. The monoisotopic (exact) mass is 238 g/mol. The molecule has 0 unspecified atom stereocenters. The van der Waals surface area contributed by atoms with Crippen molar-refractivity contribution in [2.45, 2.75) is 13.5 Å². The van der Waals surface area contributed by atoms with Crippen molar-refractivity contribution in [3.63, 3.8) is 0 Å². The average Bonchev–Trinajstić information content (AvgIpc) is 2.58. The second kappa shape index (κ2) is 3.93. The van der Waals surface area contributed by atoms with E-state index in [-0.39, 0.29) is 12.4 Å². The molecule has 0 atom stereocenters. The van der Waals surface area contributed by atoms with Gasteiger partial charge in [0.1, 0.15) is 5.82 Å². The van der Waals surface area contributed by atoms with Gasteiger partial charge in [-0.05, 0) is 6.92 Å². The first-order valence-electron chi connectivity index (χ1n) is 4.57. The van der Waals surface area contributed by atoms with Gasteiger partial charge in [-0.2, -0.15) is 0 Å². The van der Waals surface area contributed by atoms with Gasteiger partial charge in [-0.15, -0.1) is 11.3 Å². The van der Waals surface area contributed by atoms with Gasteiger partial charge in [0.05, 0.1) is 17.2 Å². The first-order valence-corrected chi connectivity index (χ1v) is 5.45. The molecule has 0 saturated carbocycles. The van der Waals surface area contributed by atoms with E-state index >= 15 is 0 Å². The molecule has 0 radical (unpaired) electrons. The lowest BCUT2D eigenvalue weighted by Gasteiger charge is -2.05. The Morgan fingerprint density at radius 2 is 2.31 bits per heavy atom. The number of aromatic amines is 1. The Labute approximate surface area is 94.4 Å². The third-order valence-corrected chi connectivity index (χ3v) is 2.87. The highest BCUT2D eigenvalue weighted by Crippen LogP contribution is 2.09. The number of thiazole rings is 1. The maximum absolute atomic E-state index is 11.5. The molecule has 16 heavy (non-hydrogen) atoms. The molecule has 0 aliphatic carbocycles. The van der Waals surface area contributed by atoms with Gasteiger partial charge < -0.3 is 5.73 Å². The summed E-state index contributed by atoms with van der Waals surface area (Å²) in [6.45, 7) is 2.15. The summed E-state index contributed by atoms with van der Waals surface area (Å²) >= 11 is 1.50. The predicted octanol–water partition coefficient (Wildman–Crippen LogP) is -0.0680. The van der Waals surface area contributed by atoms with E-state index < -0.39 is 11.2 Å². The smallest absolute Gasteiger partial charge is 0.330 e. The van der Waals surface area contributed by atoms with Crippen LogP contribution >= 0.6 is 11.3 Å². The minimum absolute atomic E-state index is 0.138. The van der Waals surface area contributed by atoms with Crippen molar-refractivity contribution in [1.82, 2.24) is 14.5 Å². The first-order chi connectivity index (χ1) is 7.56. The van der Waals surface area contributed by atoms with E-state index in [4.69, 9.17) is 5.73 Å². The highest BCUT2D eigenvalue weighted by Gasteiger charge is 2.05. The van der Waals surface area contributed by atoms with Crippen LogP contribution in [0.4, 0.5) is 5.82 Å². The molecule has 7 heteroatoms. The number of aromatic nitrogens is 3. The second-order valence-corrected chi connectivity index (χ2v) is 4.37. The lowest BCUT2D eigenvalue weighted by atomic mass is 10.4. The molecule has 2 heterocycles. The number of nitrogen functional groups attached to an aromatic ring is 1. The maximum atomic E-state index is 11.5. The SMILES string of the molecule is Cc1nc(Cn2c(N)cc(=O)[nH]c2=O)cs1. The quantitative estimate of drug-likeness (QED) is 0.766. The average molecular weight is 238 g/mol. The van der Waals surface area contributed by atoms with Gasteiger partial charge >= 0.3 is 5.69 Å². The van der Waals surface area contributed by atoms with E-state index in [1.165, 1.54) is 22.0 Å². The zero-order valence-corrected chi connectivity index (χ0v) is 9.37. The molecule has 0 amide bonds. The third-order valence-electron chi connectivity index (χ3n) is 2.05. The Kier molecular flexibility index (Phi) is 2.61. The third kappa shape index (κ3) is 2.03. The zero-order chi connectivity index (χ0) is 11.7. The number of nitrogens with zero attached hydrogens (tertiary/aromatic N) is 2. The van der Waals surface area contributed by atoms with Crippen LogP contribution in [0.3, 0.4) is 0 Å². The Balaban J connectivity index is 2.42. The van der Waals surface area contributed by atoms with Crippen LogP contribution in [0.15, 0.2) is 21.0 Å². The Morgan fingerprint density at radius 3 is 2.88 bits per heavy atom. The van der Waals surface area contributed by atoms with E-state index in [1.807, 2.05) is 12.3 Å². The fraction of sp³-hybridized carbons (Fsp3) is 0.222. The normalized spacial score (nSPS) is 10.6. The van der Waals surface area contributed by atoms with Crippen LogP contribution in [-0.4, -0.2) is 14.5 Å². The minimum Gasteiger partial charge on any atom is -0.385 e. The Hall–Kier alpha value is -1.89. The van der Waals surface area contributed by atoms with Gasteiger partial charge in [0.25, 0.3) is 5.56 Å². The summed E-state index contributed by atoms with van der Waals surface area (Å²) in [7, 11) is 0. The molecule has 0 spiro atoms. The number of rotatable bonds is 2. The van der Waals surface area contributed by atoms with Gasteiger partial charge in [-0.25, -0.2) is 9.78 Å². The molecule has 3 N–H and O–H groups in total. The largest absolute Gasteiger partial charge is 0.385 e. The van der Waals surface area contributed by atoms with Crippen LogP contribution in [-0.2, 0) is 6.54 Å². The topological polar surface area (TPSA) is 93.8 Å². The van der Waals surface area contributed by atoms with Crippen molar-refractivity contribution in [1.29, 1.82) is 0 Å². The van der Waals surface area contributed by atoms with E-state index in [9.17, 15) is 9.59 Å². The highest BCUT2D eigenvalue weighted by molar-refractivity contribution is 7.09. The number of nitrogens with two attached hydrogens (primary N) is 1. The van der Waals surface area contributed by atoms with Crippen molar-refractivity contribution >= 4 is 17.2 Å². The molecule has 0 bridgehead atoms. The summed E-state index contributed by atoms with van der Waals surface area (Å²) in [6, 6.07) is 1.18. The summed E-state index contributed by atoms with van der Waals surface area (Å²) in [5.74, 6) is 0.138. The molecule has 0 aliphatic heterocycles. The van der Waals surface area contributed by atoms with Crippen molar-refractivity contribution < 1.29 is 0 Å². The number of nitrogens with one attached hydrogen (secondary N) is 1. The molecule has 0 aliphatic rings. The van der Waals surface area contributed by atoms with Crippen molar-refractivity contribution in [3.8, 4) is 0 Å². The van der Waals surface area contributed by atoms with Crippen LogP contribution < -0.4 is 17.0 Å². The highest BCUT2D eigenvalue weighted by atomic mass is 32.1. The van der Waals surface area contributed by atoms with Gasteiger partial charge in [-0.3, -0.25) is 14.3 Å². The second-order valence-electron chi connectivity index (χ2n) is 3.31.